The monoisotopic (exact) mass is 305 g/mol. The van der Waals surface area contributed by atoms with Crippen molar-refractivity contribution in [2.45, 2.75) is 6.92 Å². The van der Waals surface area contributed by atoms with E-state index in [1.54, 1.807) is 7.11 Å². The number of nitrogens with one attached hydrogen (secondary N) is 1. The normalized spacial score (nSPS) is 10.5. The summed E-state index contributed by atoms with van der Waals surface area (Å²) < 4.78 is 5.15. The number of nitriles is 1. The number of nitrogen functional groups attached to an aromatic ring is 1. The lowest BCUT2D eigenvalue weighted by atomic mass is 9.94. The summed E-state index contributed by atoms with van der Waals surface area (Å²) in [4.78, 5) is 14.9. The number of benzene rings is 2. The number of nitrogens with two attached hydrogens (primary N) is 1. The van der Waals surface area contributed by atoms with Gasteiger partial charge in [0.05, 0.1) is 23.7 Å². The molecule has 3 N–H and O–H groups in total. The number of rotatable bonds is 2. The Hall–Kier alpha value is -3.26. The number of nitrogens with zero attached hydrogens (tertiary/aromatic N) is 1. The maximum atomic E-state index is 12.2. The molecule has 0 amide bonds. The summed E-state index contributed by atoms with van der Waals surface area (Å²) in [6.07, 6.45) is 0. The van der Waals surface area contributed by atoms with Crippen LogP contribution in [0.5, 0.6) is 5.75 Å². The zero-order valence-electron chi connectivity index (χ0n) is 12.8. The van der Waals surface area contributed by atoms with Crippen molar-refractivity contribution in [3.05, 3.63) is 58.0 Å². The third kappa shape index (κ3) is 2.40. The highest BCUT2D eigenvalue weighted by Crippen LogP contribution is 2.33. The van der Waals surface area contributed by atoms with Gasteiger partial charge >= 0.3 is 0 Å². The lowest BCUT2D eigenvalue weighted by molar-refractivity contribution is 0.415. The predicted molar refractivity (Wildman–Crippen MR) is 90.4 cm³/mol. The van der Waals surface area contributed by atoms with E-state index >= 15 is 0 Å². The van der Waals surface area contributed by atoms with Gasteiger partial charge in [-0.1, -0.05) is 12.1 Å². The van der Waals surface area contributed by atoms with Gasteiger partial charge in [-0.05, 0) is 42.1 Å². The van der Waals surface area contributed by atoms with Gasteiger partial charge in [-0.25, -0.2) is 0 Å². The van der Waals surface area contributed by atoms with Crippen LogP contribution in [0.1, 0.15) is 11.3 Å². The van der Waals surface area contributed by atoms with Crippen LogP contribution < -0.4 is 16.0 Å². The van der Waals surface area contributed by atoms with Gasteiger partial charge in [-0.3, -0.25) is 4.79 Å². The van der Waals surface area contributed by atoms with Crippen LogP contribution in [0.2, 0.25) is 0 Å². The molecule has 0 bridgehead atoms. The molecular weight excluding hydrogens is 290 g/mol. The first-order chi connectivity index (χ1) is 11.0. The first kappa shape index (κ1) is 14.7. The zero-order chi connectivity index (χ0) is 16.6. The van der Waals surface area contributed by atoms with Gasteiger partial charge in [0.25, 0.3) is 5.56 Å². The molecule has 2 aromatic carbocycles. The third-order valence-corrected chi connectivity index (χ3v) is 3.82. The molecule has 0 aliphatic carbocycles. The number of aromatic nitrogens is 1. The van der Waals surface area contributed by atoms with E-state index in [0.717, 1.165) is 17.0 Å². The molecule has 23 heavy (non-hydrogen) atoms. The molecule has 3 rings (SSSR count). The van der Waals surface area contributed by atoms with Crippen LogP contribution in [-0.2, 0) is 0 Å². The minimum Gasteiger partial charge on any atom is -0.497 e. The summed E-state index contributed by atoms with van der Waals surface area (Å²) in [5.41, 5.74) is 8.62. The number of aryl methyl sites for hydroxylation is 1. The van der Waals surface area contributed by atoms with Crippen LogP contribution >= 0.6 is 0 Å². The minimum atomic E-state index is -0.282. The van der Waals surface area contributed by atoms with E-state index in [4.69, 9.17) is 10.5 Å². The summed E-state index contributed by atoms with van der Waals surface area (Å²) in [7, 11) is 1.60. The molecule has 3 aromatic rings. The Labute approximate surface area is 132 Å². The second kappa shape index (κ2) is 5.50. The van der Waals surface area contributed by atoms with Crippen molar-refractivity contribution >= 4 is 16.5 Å². The average molecular weight is 305 g/mol. The van der Waals surface area contributed by atoms with Crippen LogP contribution in [0.25, 0.3) is 21.9 Å². The van der Waals surface area contributed by atoms with E-state index in [9.17, 15) is 10.1 Å². The van der Waals surface area contributed by atoms with Gasteiger partial charge in [0.1, 0.15) is 11.8 Å². The number of methoxy groups -OCH3 is 1. The fourth-order valence-electron chi connectivity index (χ4n) is 2.72. The van der Waals surface area contributed by atoms with Gasteiger partial charge < -0.3 is 15.5 Å². The van der Waals surface area contributed by atoms with Gasteiger partial charge in [-0.15, -0.1) is 0 Å². The van der Waals surface area contributed by atoms with Crippen molar-refractivity contribution < 1.29 is 4.74 Å². The Morgan fingerprint density at radius 1 is 1.22 bits per heavy atom. The fourth-order valence-corrected chi connectivity index (χ4v) is 2.72. The average Bonchev–Trinajstić information content (AvgIpc) is 2.54. The molecule has 0 unspecified atom stereocenters. The Balaban J connectivity index is 2.36. The van der Waals surface area contributed by atoms with Crippen LogP contribution in [0.15, 0.2) is 41.2 Å². The van der Waals surface area contributed by atoms with Crippen LogP contribution in [-0.4, -0.2) is 12.1 Å². The molecule has 0 aliphatic heterocycles. The number of fused-ring (bicyclic) bond motifs is 1. The second-order valence-electron chi connectivity index (χ2n) is 5.30. The summed E-state index contributed by atoms with van der Waals surface area (Å²) in [6.45, 7) is 1.81. The Morgan fingerprint density at radius 3 is 2.52 bits per heavy atom. The highest BCUT2D eigenvalue weighted by atomic mass is 16.5. The fraction of sp³-hybridized carbons (Fsp3) is 0.111. The Bertz CT molecular complexity index is 996. The van der Waals surface area contributed by atoms with Crippen molar-refractivity contribution in [1.29, 1.82) is 5.26 Å². The number of hydrogen-bond donors (Lipinski definition) is 2. The largest absolute Gasteiger partial charge is 0.497 e. The van der Waals surface area contributed by atoms with E-state index in [-0.39, 0.29) is 11.2 Å². The van der Waals surface area contributed by atoms with Crippen molar-refractivity contribution in [2.24, 2.45) is 0 Å². The maximum absolute atomic E-state index is 12.2. The van der Waals surface area contributed by atoms with Gasteiger partial charge in [0, 0.05) is 11.3 Å². The Kier molecular flexibility index (Phi) is 3.51. The molecule has 0 radical (unpaired) electrons. The molecular formula is C18H15N3O2. The maximum Gasteiger partial charge on any atom is 0.258 e. The molecule has 5 nitrogen and oxygen atoms in total. The lowest BCUT2D eigenvalue weighted by Gasteiger charge is -2.11. The molecule has 1 heterocycles. The SMILES string of the molecule is COc1ccc(-c2cc3cc(C)[nH]c(=O)c3c(N)c2C#N)cc1. The number of H-pyrrole nitrogens is 1. The van der Waals surface area contributed by atoms with E-state index in [2.05, 4.69) is 11.1 Å². The molecule has 5 heteroatoms. The van der Waals surface area contributed by atoms with Gasteiger partial charge in [0.15, 0.2) is 0 Å². The van der Waals surface area contributed by atoms with E-state index < -0.39 is 0 Å². The number of ether oxygens (including phenoxy) is 1. The number of anilines is 1. The quantitative estimate of drug-likeness (QED) is 0.712. The van der Waals surface area contributed by atoms with Gasteiger partial charge in [0.2, 0.25) is 0 Å². The Morgan fingerprint density at radius 2 is 1.91 bits per heavy atom. The van der Waals surface area contributed by atoms with Crippen molar-refractivity contribution in [2.75, 3.05) is 12.8 Å². The number of hydrogen-bond acceptors (Lipinski definition) is 4. The molecule has 1 aromatic heterocycles. The molecule has 0 saturated heterocycles. The number of pyridine rings is 1. The highest BCUT2D eigenvalue weighted by Gasteiger charge is 2.15. The predicted octanol–water partition coefficient (Wildman–Crippen LogP) is 2.97. The topological polar surface area (TPSA) is 91.9 Å². The molecule has 114 valence electrons. The third-order valence-electron chi connectivity index (χ3n) is 3.82. The summed E-state index contributed by atoms with van der Waals surface area (Å²) in [5, 5.41) is 10.6. The number of aromatic amines is 1. The summed E-state index contributed by atoms with van der Waals surface area (Å²) in [6, 6.07) is 13.2. The van der Waals surface area contributed by atoms with E-state index in [0.29, 0.717) is 21.9 Å². The zero-order valence-corrected chi connectivity index (χ0v) is 12.8. The van der Waals surface area contributed by atoms with Gasteiger partial charge in [-0.2, -0.15) is 5.26 Å². The summed E-state index contributed by atoms with van der Waals surface area (Å²) >= 11 is 0. The molecule has 0 saturated carbocycles. The summed E-state index contributed by atoms with van der Waals surface area (Å²) in [5.74, 6) is 0.730. The van der Waals surface area contributed by atoms with Crippen LogP contribution in [0.4, 0.5) is 5.69 Å². The first-order valence-electron chi connectivity index (χ1n) is 7.05. The first-order valence-corrected chi connectivity index (χ1v) is 7.05. The van der Waals surface area contributed by atoms with Crippen LogP contribution in [0, 0.1) is 18.3 Å². The van der Waals surface area contributed by atoms with Crippen molar-refractivity contribution in [3.8, 4) is 22.9 Å². The van der Waals surface area contributed by atoms with E-state index in [1.165, 1.54) is 0 Å². The molecule has 0 aliphatic rings. The van der Waals surface area contributed by atoms with Crippen molar-refractivity contribution in [1.82, 2.24) is 4.98 Å². The smallest absolute Gasteiger partial charge is 0.258 e. The minimum absolute atomic E-state index is 0.206. The standard InChI is InChI=1S/C18H15N3O2/c1-10-7-12-8-14(11-3-5-13(23-2)6-4-11)15(9-19)17(20)16(12)18(22)21-10/h3-8H,20H2,1-2H3,(H,21,22). The van der Waals surface area contributed by atoms with Crippen LogP contribution in [0.3, 0.4) is 0 Å². The molecule has 0 spiro atoms. The molecule has 0 fully saturated rings. The molecule has 0 atom stereocenters. The second-order valence-corrected chi connectivity index (χ2v) is 5.30. The van der Waals surface area contributed by atoms with Crippen molar-refractivity contribution in [3.63, 3.8) is 0 Å². The van der Waals surface area contributed by atoms with E-state index in [1.807, 2.05) is 43.3 Å². The highest BCUT2D eigenvalue weighted by molar-refractivity contribution is 6.00. The lowest BCUT2D eigenvalue weighted by Crippen LogP contribution is -2.11.